The van der Waals surface area contributed by atoms with Crippen LogP contribution in [0.2, 0.25) is 0 Å². The van der Waals surface area contributed by atoms with Crippen LogP contribution in [0.3, 0.4) is 0 Å². The average molecular weight is 330 g/mol. The van der Waals surface area contributed by atoms with Crippen molar-refractivity contribution in [2.75, 3.05) is 38.1 Å². The molecule has 6 heteroatoms. The fourth-order valence-electron chi connectivity index (χ4n) is 3.76. The van der Waals surface area contributed by atoms with Gasteiger partial charge in [-0.2, -0.15) is 0 Å². The maximum atomic E-state index is 11.7. The van der Waals surface area contributed by atoms with E-state index in [2.05, 4.69) is 40.4 Å². The van der Waals surface area contributed by atoms with Crippen LogP contribution in [-0.2, 0) is 4.79 Å². The highest BCUT2D eigenvalue weighted by Crippen LogP contribution is 2.35. The fraction of sp³-hybridized carbons (Fsp3) is 0.529. The Morgan fingerprint density at radius 1 is 1.26 bits per heavy atom. The van der Waals surface area contributed by atoms with Crippen LogP contribution in [0.25, 0.3) is 10.2 Å². The van der Waals surface area contributed by atoms with Crippen molar-refractivity contribution < 1.29 is 4.79 Å². The predicted octanol–water partition coefficient (Wildman–Crippen LogP) is 2.09. The topological polar surface area (TPSA) is 48.5 Å². The van der Waals surface area contributed by atoms with Gasteiger partial charge in [-0.1, -0.05) is 23.5 Å². The SMILES string of the molecule is CN1CCN(c2nc3ccccc3s2)C[C@]12CCNC(=O)CC2. The third-order valence-corrected chi connectivity index (χ3v) is 6.38. The van der Waals surface area contributed by atoms with E-state index in [0.29, 0.717) is 6.42 Å². The third-order valence-electron chi connectivity index (χ3n) is 5.28. The highest BCUT2D eigenvalue weighted by molar-refractivity contribution is 7.22. The second-order valence-electron chi connectivity index (χ2n) is 6.63. The Morgan fingerprint density at radius 2 is 2.13 bits per heavy atom. The van der Waals surface area contributed by atoms with Crippen molar-refractivity contribution in [3.05, 3.63) is 24.3 Å². The van der Waals surface area contributed by atoms with Crippen LogP contribution < -0.4 is 10.2 Å². The number of hydrogen-bond donors (Lipinski definition) is 1. The first-order valence-electron chi connectivity index (χ1n) is 8.25. The van der Waals surface area contributed by atoms with Gasteiger partial charge in [0.1, 0.15) is 0 Å². The normalized spacial score (nSPS) is 26.5. The number of carbonyl (C=O) groups is 1. The molecule has 5 nitrogen and oxygen atoms in total. The second-order valence-corrected chi connectivity index (χ2v) is 7.64. The number of likely N-dealkylation sites (N-methyl/N-ethyl adjacent to an activating group) is 1. The highest BCUT2D eigenvalue weighted by Gasteiger charge is 2.41. The van der Waals surface area contributed by atoms with Gasteiger partial charge in [0.15, 0.2) is 5.13 Å². The van der Waals surface area contributed by atoms with Crippen LogP contribution in [0, 0.1) is 0 Å². The minimum Gasteiger partial charge on any atom is -0.356 e. The Hall–Kier alpha value is -1.66. The highest BCUT2D eigenvalue weighted by atomic mass is 32.1. The lowest BCUT2D eigenvalue weighted by Gasteiger charge is -2.49. The molecule has 0 bridgehead atoms. The summed E-state index contributed by atoms with van der Waals surface area (Å²) < 4.78 is 1.24. The smallest absolute Gasteiger partial charge is 0.220 e. The van der Waals surface area contributed by atoms with Gasteiger partial charge in [-0.25, -0.2) is 4.98 Å². The summed E-state index contributed by atoms with van der Waals surface area (Å²) in [6.07, 6.45) is 2.56. The van der Waals surface area contributed by atoms with Crippen molar-refractivity contribution in [2.45, 2.75) is 24.8 Å². The number of nitrogens with zero attached hydrogens (tertiary/aromatic N) is 3. The number of thiazole rings is 1. The van der Waals surface area contributed by atoms with Gasteiger partial charge >= 0.3 is 0 Å². The van der Waals surface area contributed by atoms with Gasteiger partial charge in [-0.05, 0) is 32.0 Å². The van der Waals surface area contributed by atoms with Crippen molar-refractivity contribution in [1.82, 2.24) is 15.2 Å². The first kappa shape index (κ1) is 14.9. The van der Waals surface area contributed by atoms with Gasteiger partial charge < -0.3 is 10.2 Å². The molecule has 3 heterocycles. The summed E-state index contributed by atoms with van der Waals surface area (Å²) in [5.41, 5.74) is 1.16. The molecule has 2 saturated heterocycles. The van der Waals surface area contributed by atoms with Crippen molar-refractivity contribution in [2.24, 2.45) is 0 Å². The largest absolute Gasteiger partial charge is 0.356 e. The lowest BCUT2D eigenvalue weighted by Crippen LogP contribution is -2.61. The molecule has 2 aromatic rings. The van der Waals surface area contributed by atoms with Crippen LogP contribution >= 0.6 is 11.3 Å². The third kappa shape index (κ3) is 2.70. The van der Waals surface area contributed by atoms with E-state index >= 15 is 0 Å². The number of nitrogens with one attached hydrogen (secondary N) is 1. The number of para-hydroxylation sites is 1. The summed E-state index contributed by atoms with van der Waals surface area (Å²) in [4.78, 5) is 21.4. The summed E-state index contributed by atoms with van der Waals surface area (Å²) in [6.45, 7) is 3.75. The molecule has 1 amide bonds. The number of rotatable bonds is 1. The fourth-order valence-corrected chi connectivity index (χ4v) is 4.75. The Labute approximate surface area is 140 Å². The van der Waals surface area contributed by atoms with E-state index in [4.69, 9.17) is 4.98 Å². The lowest BCUT2D eigenvalue weighted by atomic mass is 9.86. The van der Waals surface area contributed by atoms with E-state index in [0.717, 1.165) is 49.7 Å². The molecule has 0 radical (unpaired) electrons. The molecule has 2 aliphatic heterocycles. The molecule has 122 valence electrons. The minimum atomic E-state index is 0.0786. The summed E-state index contributed by atoms with van der Waals surface area (Å²) >= 11 is 1.77. The number of piperazine rings is 1. The molecular formula is C17H22N4OS. The van der Waals surface area contributed by atoms with Crippen LogP contribution in [0.15, 0.2) is 24.3 Å². The Bertz CT molecular complexity index is 697. The molecule has 0 unspecified atom stereocenters. The van der Waals surface area contributed by atoms with Crippen LogP contribution in [0.4, 0.5) is 5.13 Å². The summed E-state index contributed by atoms with van der Waals surface area (Å²) in [7, 11) is 2.20. The number of benzene rings is 1. The monoisotopic (exact) mass is 330 g/mol. The second kappa shape index (κ2) is 5.76. The molecule has 1 spiro atoms. The predicted molar refractivity (Wildman–Crippen MR) is 94.1 cm³/mol. The number of fused-ring (bicyclic) bond motifs is 1. The minimum absolute atomic E-state index is 0.0786. The molecule has 1 aromatic heterocycles. The summed E-state index contributed by atoms with van der Waals surface area (Å²) in [6, 6.07) is 8.32. The Balaban J connectivity index is 1.62. The lowest BCUT2D eigenvalue weighted by molar-refractivity contribution is -0.120. The first-order chi connectivity index (χ1) is 11.2. The molecular weight excluding hydrogens is 308 g/mol. The van der Waals surface area contributed by atoms with Crippen molar-refractivity contribution in [1.29, 1.82) is 0 Å². The Kier molecular flexibility index (Phi) is 3.73. The van der Waals surface area contributed by atoms with E-state index in [1.165, 1.54) is 4.70 Å². The number of amides is 1. The molecule has 23 heavy (non-hydrogen) atoms. The first-order valence-corrected chi connectivity index (χ1v) is 9.06. The van der Waals surface area contributed by atoms with E-state index in [1.807, 2.05) is 6.07 Å². The van der Waals surface area contributed by atoms with Crippen molar-refractivity contribution in [3.63, 3.8) is 0 Å². The van der Waals surface area contributed by atoms with Gasteiger partial charge in [0.05, 0.1) is 10.2 Å². The number of anilines is 1. The number of carbonyl (C=O) groups excluding carboxylic acids is 1. The van der Waals surface area contributed by atoms with E-state index < -0.39 is 0 Å². The molecule has 2 fully saturated rings. The summed E-state index contributed by atoms with van der Waals surface area (Å²) in [5, 5.41) is 4.13. The average Bonchev–Trinajstić information content (AvgIpc) is 2.90. The maximum Gasteiger partial charge on any atom is 0.220 e. The van der Waals surface area contributed by atoms with Crippen LogP contribution in [-0.4, -0.2) is 54.6 Å². The Morgan fingerprint density at radius 3 is 3.00 bits per heavy atom. The molecule has 1 aromatic carbocycles. The molecule has 0 saturated carbocycles. The molecule has 0 aliphatic carbocycles. The number of hydrogen-bond acceptors (Lipinski definition) is 5. The van der Waals surface area contributed by atoms with E-state index in [9.17, 15) is 4.79 Å². The maximum absolute atomic E-state index is 11.7. The zero-order valence-electron chi connectivity index (χ0n) is 13.4. The summed E-state index contributed by atoms with van der Waals surface area (Å²) in [5.74, 6) is 0.187. The van der Waals surface area contributed by atoms with Gasteiger partial charge in [-0.15, -0.1) is 0 Å². The molecule has 2 aliphatic rings. The van der Waals surface area contributed by atoms with Gasteiger partial charge in [-0.3, -0.25) is 9.69 Å². The number of aromatic nitrogens is 1. The molecule has 1 atom stereocenters. The van der Waals surface area contributed by atoms with E-state index in [-0.39, 0.29) is 11.4 Å². The zero-order chi connectivity index (χ0) is 15.9. The standard InChI is InChI=1S/C17H22N4OS/c1-20-10-11-21(12-17(20)7-6-15(22)18-9-8-17)16-19-13-4-2-3-5-14(13)23-16/h2-5H,6-12H2,1H3,(H,18,22)/t17-/m0/s1. The van der Waals surface area contributed by atoms with Crippen LogP contribution in [0.5, 0.6) is 0 Å². The molecule has 4 rings (SSSR count). The quantitative estimate of drug-likeness (QED) is 0.870. The van der Waals surface area contributed by atoms with Crippen LogP contribution in [0.1, 0.15) is 19.3 Å². The molecule has 1 N–H and O–H groups in total. The zero-order valence-corrected chi connectivity index (χ0v) is 14.2. The van der Waals surface area contributed by atoms with E-state index in [1.54, 1.807) is 11.3 Å². The van der Waals surface area contributed by atoms with Gasteiger partial charge in [0.25, 0.3) is 0 Å². The van der Waals surface area contributed by atoms with Gasteiger partial charge in [0, 0.05) is 38.1 Å². The van der Waals surface area contributed by atoms with Gasteiger partial charge in [0.2, 0.25) is 5.91 Å². The van der Waals surface area contributed by atoms with Crippen molar-refractivity contribution >= 4 is 32.6 Å². The van der Waals surface area contributed by atoms with Crippen molar-refractivity contribution in [3.8, 4) is 0 Å².